The van der Waals surface area contributed by atoms with E-state index in [0.29, 0.717) is 22.8 Å². The Kier molecular flexibility index (Phi) is 4.52. The third-order valence-corrected chi connectivity index (χ3v) is 4.17. The summed E-state index contributed by atoms with van der Waals surface area (Å²) in [7, 11) is 4.56. The average Bonchev–Trinajstić information content (AvgIpc) is 3.24. The number of thiophene rings is 1. The van der Waals surface area contributed by atoms with Gasteiger partial charge in [0.05, 0.1) is 21.3 Å². The van der Waals surface area contributed by atoms with Crippen molar-refractivity contribution in [3.8, 4) is 17.2 Å². The van der Waals surface area contributed by atoms with Crippen molar-refractivity contribution >= 4 is 29.3 Å². The van der Waals surface area contributed by atoms with E-state index in [1.54, 1.807) is 18.2 Å². The van der Waals surface area contributed by atoms with Crippen LogP contribution >= 0.6 is 11.3 Å². The summed E-state index contributed by atoms with van der Waals surface area (Å²) in [5, 5.41) is 1.93. The van der Waals surface area contributed by atoms with Crippen molar-refractivity contribution in [1.29, 1.82) is 0 Å². The summed E-state index contributed by atoms with van der Waals surface area (Å²) in [6.45, 7) is 0. The van der Waals surface area contributed by atoms with E-state index in [4.69, 9.17) is 18.9 Å². The van der Waals surface area contributed by atoms with E-state index in [9.17, 15) is 4.79 Å². The van der Waals surface area contributed by atoms with Crippen LogP contribution in [-0.2, 0) is 9.53 Å². The molecule has 1 aliphatic rings. The van der Waals surface area contributed by atoms with Crippen LogP contribution in [0, 0.1) is 0 Å². The molecule has 0 radical (unpaired) electrons. The van der Waals surface area contributed by atoms with Crippen molar-refractivity contribution in [2.45, 2.75) is 0 Å². The second-order valence-corrected chi connectivity index (χ2v) is 5.74. The summed E-state index contributed by atoms with van der Waals surface area (Å²) in [5.41, 5.74) is 0.814. The minimum atomic E-state index is -0.493. The monoisotopic (exact) mass is 345 g/mol. The largest absolute Gasteiger partial charge is 0.493 e. The van der Waals surface area contributed by atoms with Crippen LogP contribution in [0.25, 0.3) is 6.08 Å². The molecule has 1 aliphatic heterocycles. The third-order valence-electron chi connectivity index (χ3n) is 3.35. The second-order valence-electron chi connectivity index (χ2n) is 4.77. The van der Waals surface area contributed by atoms with Gasteiger partial charge in [0.15, 0.2) is 17.2 Å². The number of carbonyl (C=O) groups is 1. The molecule has 6 nitrogen and oxygen atoms in total. The number of aliphatic imine (C=N–C) groups is 1. The Morgan fingerprint density at radius 3 is 2.38 bits per heavy atom. The van der Waals surface area contributed by atoms with Gasteiger partial charge in [-0.2, -0.15) is 0 Å². The number of carbonyl (C=O) groups excluding carboxylic acids is 1. The predicted molar refractivity (Wildman–Crippen MR) is 91.0 cm³/mol. The lowest BCUT2D eigenvalue weighted by Gasteiger charge is -2.13. The highest BCUT2D eigenvalue weighted by Crippen LogP contribution is 2.39. The van der Waals surface area contributed by atoms with Gasteiger partial charge >= 0.3 is 5.97 Å². The molecule has 7 heteroatoms. The first-order chi connectivity index (χ1) is 11.7. The molecular formula is C17H15NO5S. The van der Waals surface area contributed by atoms with Crippen LogP contribution in [0.3, 0.4) is 0 Å². The highest BCUT2D eigenvalue weighted by Gasteiger charge is 2.26. The van der Waals surface area contributed by atoms with Crippen LogP contribution in [0.2, 0.25) is 0 Å². The number of esters is 1. The van der Waals surface area contributed by atoms with Gasteiger partial charge in [-0.15, -0.1) is 11.3 Å². The van der Waals surface area contributed by atoms with Crippen LogP contribution in [0.4, 0.5) is 0 Å². The molecule has 0 unspecified atom stereocenters. The maximum Gasteiger partial charge on any atom is 0.363 e. The molecule has 0 amide bonds. The Balaban J connectivity index is 2.01. The number of nitrogens with zero attached hydrogens (tertiary/aromatic N) is 1. The van der Waals surface area contributed by atoms with Crippen molar-refractivity contribution in [3.63, 3.8) is 0 Å². The summed E-state index contributed by atoms with van der Waals surface area (Å²) in [6, 6.07) is 7.17. The van der Waals surface area contributed by atoms with Gasteiger partial charge in [-0.05, 0) is 29.7 Å². The topological polar surface area (TPSA) is 66.4 Å². The fourth-order valence-corrected chi connectivity index (χ4v) is 2.90. The van der Waals surface area contributed by atoms with Gasteiger partial charge in [-0.1, -0.05) is 6.07 Å². The molecule has 0 atom stereocenters. The van der Waals surface area contributed by atoms with Gasteiger partial charge in [-0.25, -0.2) is 9.79 Å². The molecule has 1 aromatic carbocycles. The number of hydrogen-bond donors (Lipinski definition) is 0. The number of rotatable bonds is 5. The highest BCUT2D eigenvalue weighted by molar-refractivity contribution is 7.10. The van der Waals surface area contributed by atoms with Crippen molar-refractivity contribution in [1.82, 2.24) is 0 Å². The smallest absolute Gasteiger partial charge is 0.363 e. The zero-order valence-electron chi connectivity index (χ0n) is 13.4. The normalized spacial score (nSPS) is 15.2. The van der Waals surface area contributed by atoms with Crippen LogP contribution in [0.15, 0.2) is 40.3 Å². The summed E-state index contributed by atoms with van der Waals surface area (Å²) in [5.74, 6) is 1.08. The molecule has 2 aromatic rings. The lowest BCUT2D eigenvalue weighted by Crippen LogP contribution is -2.06. The van der Waals surface area contributed by atoms with Gasteiger partial charge in [-0.3, -0.25) is 0 Å². The quantitative estimate of drug-likeness (QED) is 0.615. The van der Waals surface area contributed by atoms with Gasteiger partial charge in [0, 0.05) is 10.4 Å². The zero-order valence-corrected chi connectivity index (χ0v) is 14.2. The lowest BCUT2D eigenvalue weighted by molar-refractivity contribution is -0.129. The molecule has 0 bridgehead atoms. The summed E-state index contributed by atoms with van der Waals surface area (Å²) in [6.07, 6.45) is 1.69. The summed E-state index contributed by atoms with van der Waals surface area (Å²) in [4.78, 5) is 17.2. The van der Waals surface area contributed by atoms with Gasteiger partial charge in [0.1, 0.15) is 0 Å². The van der Waals surface area contributed by atoms with E-state index in [1.807, 2.05) is 17.5 Å². The number of cyclic esters (lactones) is 1. The summed E-state index contributed by atoms with van der Waals surface area (Å²) < 4.78 is 21.2. The number of ether oxygens (including phenoxy) is 4. The zero-order chi connectivity index (χ0) is 17.1. The van der Waals surface area contributed by atoms with Gasteiger partial charge in [0.25, 0.3) is 0 Å². The SMILES string of the molecule is COc1cc(C2=N/C(=C\c3cccs3)C(=O)O2)cc(OC)c1OC. The maximum absolute atomic E-state index is 12.0. The standard InChI is InChI=1S/C17H15NO5S/c1-20-13-7-10(8-14(21-2)15(13)22-3)16-18-12(17(19)23-16)9-11-5-4-6-24-11/h4-9H,1-3H3/b12-9-. The summed E-state index contributed by atoms with van der Waals surface area (Å²) >= 11 is 1.52. The first kappa shape index (κ1) is 16.1. The maximum atomic E-state index is 12.0. The fraction of sp³-hybridized carbons (Fsp3) is 0.176. The number of benzene rings is 1. The molecule has 24 heavy (non-hydrogen) atoms. The lowest BCUT2D eigenvalue weighted by atomic mass is 10.2. The molecule has 0 fully saturated rings. The Hall–Kier alpha value is -2.80. The highest BCUT2D eigenvalue weighted by atomic mass is 32.1. The fourth-order valence-electron chi connectivity index (χ4n) is 2.25. The number of hydrogen-bond acceptors (Lipinski definition) is 7. The van der Waals surface area contributed by atoms with Gasteiger partial charge < -0.3 is 18.9 Å². The van der Waals surface area contributed by atoms with E-state index < -0.39 is 5.97 Å². The van der Waals surface area contributed by atoms with Crippen molar-refractivity contribution in [3.05, 3.63) is 45.8 Å². The Morgan fingerprint density at radius 1 is 1.12 bits per heavy atom. The van der Waals surface area contributed by atoms with Crippen LogP contribution in [0.5, 0.6) is 17.2 Å². The Labute approximate surface area is 142 Å². The minimum Gasteiger partial charge on any atom is -0.493 e. The molecule has 0 N–H and O–H groups in total. The Bertz CT molecular complexity index is 799. The van der Waals surface area contributed by atoms with Gasteiger partial charge in [0.2, 0.25) is 11.6 Å². The molecule has 3 rings (SSSR count). The van der Waals surface area contributed by atoms with Crippen molar-refractivity contribution < 1.29 is 23.7 Å². The van der Waals surface area contributed by atoms with Crippen molar-refractivity contribution in [2.24, 2.45) is 4.99 Å². The molecule has 0 saturated heterocycles. The molecule has 1 aromatic heterocycles. The second kappa shape index (κ2) is 6.76. The molecule has 0 aliphatic carbocycles. The van der Waals surface area contributed by atoms with E-state index in [0.717, 1.165) is 4.88 Å². The molecule has 0 spiro atoms. The van der Waals surface area contributed by atoms with E-state index >= 15 is 0 Å². The van der Waals surface area contributed by atoms with E-state index in [-0.39, 0.29) is 11.6 Å². The van der Waals surface area contributed by atoms with Crippen LogP contribution in [0.1, 0.15) is 10.4 Å². The molecule has 2 heterocycles. The minimum absolute atomic E-state index is 0.196. The van der Waals surface area contributed by atoms with E-state index in [2.05, 4.69) is 4.99 Å². The first-order valence-corrected chi connectivity index (χ1v) is 7.90. The molecular weight excluding hydrogens is 330 g/mol. The predicted octanol–water partition coefficient (Wildman–Crippen LogP) is 3.12. The van der Waals surface area contributed by atoms with E-state index in [1.165, 1.54) is 32.7 Å². The molecule has 124 valence electrons. The Morgan fingerprint density at radius 2 is 1.83 bits per heavy atom. The molecule has 0 saturated carbocycles. The number of methoxy groups -OCH3 is 3. The first-order valence-electron chi connectivity index (χ1n) is 7.02. The average molecular weight is 345 g/mol. The third kappa shape index (κ3) is 2.98. The van der Waals surface area contributed by atoms with Crippen LogP contribution < -0.4 is 14.2 Å². The van der Waals surface area contributed by atoms with Crippen molar-refractivity contribution in [2.75, 3.05) is 21.3 Å². The van der Waals surface area contributed by atoms with Crippen LogP contribution in [-0.4, -0.2) is 33.2 Å².